The topological polar surface area (TPSA) is 104 Å². The molecule has 0 aromatic rings. The van der Waals surface area contributed by atoms with Gasteiger partial charge < -0.3 is 29.2 Å². The lowest BCUT2D eigenvalue weighted by Gasteiger charge is -2.57. The van der Waals surface area contributed by atoms with Crippen molar-refractivity contribution in [2.75, 3.05) is 6.61 Å². The first-order valence-corrected chi connectivity index (χ1v) is 10.0. The largest absolute Gasteiger partial charge is 0.458 e. The third-order valence-corrected chi connectivity index (χ3v) is 9.27. The number of fused-ring (bicyclic) bond motifs is 4. The number of carbonyl (C=O) groups excluding carboxylic acids is 1. The molecular formula is C20H24O7. The lowest BCUT2D eigenvalue weighted by molar-refractivity contribution is -0.162. The standard InChI is InChI=1S/C20H24O7/c1-8(2)18-12(26-18)13-20(27-13)16(3)5-4-9-10(7-24-14(9)21)17(16,23)6-11-19(20,25-11)15(18)22/h8,11-13,15,22-23H,4-7H2,1-3H3/t11-,12-,13-,15+,16-,17+,18-,19+,20+/m0/s1. The van der Waals surface area contributed by atoms with Crippen molar-refractivity contribution in [2.45, 2.75) is 86.9 Å². The van der Waals surface area contributed by atoms with E-state index in [9.17, 15) is 15.0 Å². The van der Waals surface area contributed by atoms with Crippen LogP contribution in [0.25, 0.3) is 0 Å². The second-order valence-corrected chi connectivity index (χ2v) is 10.1. The van der Waals surface area contributed by atoms with Gasteiger partial charge in [0.15, 0.2) is 5.60 Å². The van der Waals surface area contributed by atoms with Crippen LogP contribution < -0.4 is 0 Å². The Morgan fingerprint density at radius 2 is 1.96 bits per heavy atom. The smallest absolute Gasteiger partial charge is 0.334 e. The minimum Gasteiger partial charge on any atom is -0.458 e. The van der Waals surface area contributed by atoms with Crippen molar-refractivity contribution in [3.8, 4) is 0 Å². The Balaban J connectivity index is 1.42. The quantitative estimate of drug-likeness (QED) is 0.498. The summed E-state index contributed by atoms with van der Waals surface area (Å²) in [6.45, 7) is 6.30. The molecule has 0 radical (unpaired) electrons. The zero-order valence-corrected chi connectivity index (χ0v) is 15.7. The van der Waals surface area contributed by atoms with Crippen molar-refractivity contribution in [2.24, 2.45) is 11.3 Å². The maximum Gasteiger partial charge on any atom is 0.334 e. The van der Waals surface area contributed by atoms with Gasteiger partial charge in [0.2, 0.25) is 0 Å². The van der Waals surface area contributed by atoms with E-state index >= 15 is 0 Å². The molecule has 7 aliphatic rings. The van der Waals surface area contributed by atoms with Gasteiger partial charge in [-0.2, -0.15) is 0 Å². The van der Waals surface area contributed by atoms with Crippen LogP contribution in [0.4, 0.5) is 0 Å². The predicted octanol–water partition coefficient (Wildman–Crippen LogP) is 0.218. The summed E-state index contributed by atoms with van der Waals surface area (Å²) in [6, 6.07) is 0. The Kier molecular flexibility index (Phi) is 2.28. The number of aliphatic hydroxyl groups excluding tert-OH is 1. The number of epoxide rings is 3. The third-order valence-electron chi connectivity index (χ3n) is 9.27. The minimum atomic E-state index is -1.22. The van der Waals surface area contributed by atoms with Crippen LogP contribution in [0.15, 0.2) is 11.1 Å². The molecule has 2 spiro atoms. The molecule has 2 saturated carbocycles. The van der Waals surface area contributed by atoms with Gasteiger partial charge in [-0.05, 0) is 18.8 Å². The van der Waals surface area contributed by atoms with E-state index in [0.29, 0.717) is 30.4 Å². The minimum absolute atomic E-state index is 0.138. The first kappa shape index (κ1) is 15.9. The Morgan fingerprint density at radius 1 is 1.19 bits per heavy atom. The van der Waals surface area contributed by atoms with E-state index < -0.39 is 33.9 Å². The number of cyclic esters (lactones) is 1. The summed E-state index contributed by atoms with van der Waals surface area (Å²) in [5, 5.41) is 23.4. The lowest BCUT2D eigenvalue weighted by atomic mass is 9.45. The zero-order chi connectivity index (χ0) is 18.8. The fourth-order valence-corrected chi connectivity index (χ4v) is 7.70. The molecule has 5 fully saturated rings. The van der Waals surface area contributed by atoms with Gasteiger partial charge in [-0.15, -0.1) is 0 Å². The fraction of sp³-hybridized carbons (Fsp3) is 0.850. The van der Waals surface area contributed by atoms with Crippen molar-refractivity contribution in [1.82, 2.24) is 0 Å². The van der Waals surface area contributed by atoms with E-state index in [1.165, 1.54) is 0 Å². The van der Waals surface area contributed by atoms with E-state index in [-0.39, 0.29) is 36.8 Å². The van der Waals surface area contributed by atoms with E-state index in [0.717, 1.165) is 0 Å². The molecule has 2 N–H and O–H groups in total. The summed E-state index contributed by atoms with van der Waals surface area (Å²) in [6.07, 6.45) is 0.0647. The second kappa shape index (κ2) is 3.87. The Morgan fingerprint density at radius 3 is 2.70 bits per heavy atom. The molecule has 9 atom stereocenters. The van der Waals surface area contributed by atoms with Crippen LogP contribution in [0.1, 0.15) is 40.0 Å². The molecular weight excluding hydrogens is 352 g/mol. The molecule has 3 aliphatic carbocycles. The Labute approximate surface area is 156 Å². The molecule has 7 nitrogen and oxygen atoms in total. The number of ether oxygens (including phenoxy) is 4. The highest BCUT2D eigenvalue weighted by Gasteiger charge is 3.02. The van der Waals surface area contributed by atoms with Gasteiger partial charge >= 0.3 is 5.97 Å². The zero-order valence-electron chi connectivity index (χ0n) is 15.7. The number of rotatable bonds is 1. The van der Waals surface area contributed by atoms with Crippen LogP contribution in [0.2, 0.25) is 0 Å². The van der Waals surface area contributed by atoms with Crippen molar-refractivity contribution in [3.63, 3.8) is 0 Å². The molecule has 0 aromatic heterocycles. The summed E-state index contributed by atoms with van der Waals surface area (Å²) in [4.78, 5) is 12.1. The third kappa shape index (κ3) is 1.20. The maximum atomic E-state index is 12.1. The van der Waals surface area contributed by atoms with Gasteiger partial charge in [0.25, 0.3) is 0 Å². The van der Waals surface area contributed by atoms with Crippen LogP contribution in [-0.2, 0) is 23.7 Å². The summed E-state index contributed by atoms with van der Waals surface area (Å²) in [5.41, 5.74) is -2.79. The summed E-state index contributed by atoms with van der Waals surface area (Å²) in [5.74, 6) is -0.165. The number of esters is 1. The maximum absolute atomic E-state index is 12.1. The Hall–Kier alpha value is -0.990. The molecule has 7 rings (SSSR count). The number of hydrogen-bond donors (Lipinski definition) is 2. The first-order chi connectivity index (χ1) is 12.7. The van der Waals surface area contributed by atoms with Crippen molar-refractivity contribution in [1.29, 1.82) is 0 Å². The average Bonchev–Trinajstić information content (AvgIpc) is 3.49. The molecule has 0 aromatic carbocycles. The van der Waals surface area contributed by atoms with E-state index in [4.69, 9.17) is 18.9 Å². The molecule has 7 heteroatoms. The molecule has 146 valence electrons. The van der Waals surface area contributed by atoms with Crippen LogP contribution in [0.5, 0.6) is 0 Å². The molecule has 0 bridgehead atoms. The van der Waals surface area contributed by atoms with Crippen molar-refractivity contribution >= 4 is 5.97 Å². The van der Waals surface area contributed by atoms with Crippen LogP contribution >= 0.6 is 0 Å². The first-order valence-electron chi connectivity index (χ1n) is 10.0. The monoisotopic (exact) mass is 376 g/mol. The summed E-state index contributed by atoms with van der Waals surface area (Å²) < 4.78 is 24.0. The number of hydrogen-bond acceptors (Lipinski definition) is 7. The molecule has 0 amide bonds. The van der Waals surface area contributed by atoms with E-state index in [1.54, 1.807) is 0 Å². The molecule has 0 unspecified atom stereocenters. The van der Waals surface area contributed by atoms with Gasteiger partial charge in [0, 0.05) is 23.0 Å². The highest BCUT2D eigenvalue weighted by Crippen LogP contribution is 2.83. The van der Waals surface area contributed by atoms with Gasteiger partial charge in [-0.3, -0.25) is 0 Å². The average molecular weight is 376 g/mol. The molecule has 3 saturated heterocycles. The van der Waals surface area contributed by atoms with Gasteiger partial charge in [-0.25, -0.2) is 4.79 Å². The molecule has 4 aliphatic heterocycles. The summed E-state index contributed by atoms with van der Waals surface area (Å²) >= 11 is 0. The van der Waals surface area contributed by atoms with Crippen molar-refractivity contribution < 1.29 is 34.0 Å². The van der Waals surface area contributed by atoms with Crippen molar-refractivity contribution in [3.05, 3.63) is 11.1 Å². The SMILES string of the molecule is CC(C)[C@]12O[C@H]1[C@@H]1O[C@]13[C@]1(O[C@H]1C[C@@]1(O)C4=C(CC[C@]31C)C(=O)OC4)[C@@H]2O. The van der Waals surface area contributed by atoms with E-state index in [1.807, 2.05) is 6.92 Å². The number of aliphatic hydroxyl groups is 2. The van der Waals surface area contributed by atoms with Crippen LogP contribution in [0, 0.1) is 11.3 Å². The Bertz CT molecular complexity index is 866. The lowest BCUT2D eigenvalue weighted by Crippen LogP contribution is -2.74. The van der Waals surface area contributed by atoms with E-state index in [2.05, 4.69) is 13.8 Å². The normalized spacial score (nSPS) is 64.0. The molecule has 27 heavy (non-hydrogen) atoms. The predicted molar refractivity (Wildman–Crippen MR) is 88.5 cm³/mol. The highest BCUT2D eigenvalue weighted by atomic mass is 16.7. The molecule has 4 heterocycles. The van der Waals surface area contributed by atoms with Gasteiger partial charge in [0.05, 0.1) is 6.10 Å². The van der Waals surface area contributed by atoms with Crippen LogP contribution in [-0.4, -0.2) is 69.6 Å². The highest BCUT2D eigenvalue weighted by molar-refractivity contribution is 5.93. The second-order valence-electron chi connectivity index (χ2n) is 10.1. The van der Waals surface area contributed by atoms with Gasteiger partial charge in [-0.1, -0.05) is 20.8 Å². The van der Waals surface area contributed by atoms with Crippen LogP contribution in [0.3, 0.4) is 0 Å². The summed E-state index contributed by atoms with van der Waals surface area (Å²) in [7, 11) is 0. The number of carbonyl (C=O) groups is 1. The fourth-order valence-electron chi connectivity index (χ4n) is 7.70. The van der Waals surface area contributed by atoms with Gasteiger partial charge in [0.1, 0.15) is 41.7 Å².